The quantitative estimate of drug-likeness (QED) is 0.260. The molecule has 0 spiro atoms. The number of furan rings is 4. The first-order chi connectivity index (χ1) is 17.4. The molecule has 5 heterocycles. The van der Waals surface area contributed by atoms with Crippen molar-refractivity contribution in [3.8, 4) is 0 Å². The van der Waals surface area contributed by atoms with E-state index in [0.717, 1.165) is 0 Å². The summed E-state index contributed by atoms with van der Waals surface area (Å²) < 4.78 is 33.9. The molecule has 1 aliphatic heterocycles. The van der Waals surface area contributed by atoms with E-state index in [4.69, 9.17) is 27.1 Å². The zero-order chi connectivity index (χ0) is 25.2. The van der Waals surface area contributed by atoms with Crippen LogP contribution >= 0.6 is 0 Å². The molecule has 10 heteroatoms. The fourth-order valence-corrected chi connectivity index (χ4v) is 4.53. The molecule has 0 aromatic carbocycles. The second-order valence-corrected chi connectivity index (χ2v) is 8.57. The van der Waals surface area contributed by atoms with Crippen LogP contribution in [0.2, 0.25) is 0 Å². The number of aliphatic hydroxyl groups is 3. The van der Waals surface area contributed by atoms with E-state index in [0.29, 0.717) is 23.0 Å². The molecule has 0 fully saturated rings. The van der Waals surface area contributed by atoms with E-state index in [2.05, 4.69) is 0 Å². The molecular weight excluding hydrogens is 472 g/mol. The summed E-state index contributed by atoms with van der Waals surface area (Å²) in [4.78, 5) is 12.2. The minimum atomic E-state index is -2.21. The van der Waals surface area contributed by atoms with Gasteiger partial charge in [0.25, 0.3) is 0 Å². The molecule has 4 aromatic rings. The van der Waals surface area contributed by atoms with Gasteiger partial charge < -0.3 is 42.5 Å². The molecular formula is C26H24O10. The summed E-state index contributed by atoms with van der Waals surface area (Å²) in [5, 5.41) is 33.4. The van der Waals surface area contributed by atoms with E-state index in [9.17, 15) is 20.1 Å². The molecule has 2 atom stereocenters. The zero-order valence-electron chi connectivity index (χ0n) is 19.0. The number of hydrogen-bond acceptors (Lipinski definition) is 10. The molecule has 0 aliphatic carbocycles. The van der Waals surface area contributed by atoms with E-state index in [1.807, 2.05) is 0 Å². The minimum Gasteiger partial charge on any atom is -0.505 e. The zero-order valence-corrected chi connectivity index (χ0v) is 19.0. The number of rotatable bonds is 11. The molecule has 0 unspecified atom stereocenters. The maximum Gasteiger partial charge on any atom is 0.378 e. The first kappa shape index (κ1) is 23.6. The molecule has 0 radical (unpaired) electrons. The number of cyclic esters (lactones) is 1. The Hall–Kier alpha value is -4.15. The molecule has 3 N–H and O–H groups in total. The molecule has 0 bridgehead atoms. The Morgan fingerprint density at radius 3 is 1.64 bits per heavy atom. The van der Waals surface area contributed by atoms with E-state index in [1.54, 1.807) is 48.5 Å². The van der Waals surface area contributed by atoms with Crippen LogP contribution in [0.3, 0.4) is 0 Å². The highest BCUT2D eigenvalue weighted by Crippen LogP contribution is 2.44. The van der Waals surface area contributed by atoms with Gasteiger partial charge in [-0.3, -0.25) is 0 Å². The lowest BCUT2D eigenvalue weighted by molar-refractivity contribution is -0.234. The fraction of sp³-hybridized carbons (Fsp3) is 0.269. The Morgan fingerprint density at radius 1 is 0.750 bits per heavy atom. The summed E-state index contributed by atoms with van der Waals surface area (Å²) in [5.41, 5.74) is -3.88. The highest BCUT2D eigenvalue weighted by atomic mass is 16.6. The van der Waals surface area contributed by atoms with Gasteiger partial charge in [-0.1, -0.05) is 0 Å². The average Bonchev–Trinajstić information content (AvgIpc) is 3.69. The first-order valence-corrected chi connectivity index (χ1v) is 11.2. The topological polar surface area (TPSA) is 149 Å². The Morgan fingerprint density at radius 2 is 1.22 bits per heavy atom. The van der Waals surface area contributed by atoms with Crippen LogP contribution in [0, 0.1) is 0 Å². The van der Waals surface area contributed by atoms with Crippen molar-refractivity contribution < 1.29 is 47.3 Å². The van der Waals surface area contributed by atoms with Gasteiger partial charge in [-0.25, -0.2) is 4.79 Å². The molecule has 36 heavy (non-hydrogen) atoms. The maximum absolute atomic E-state index is 12.5. The molecule has 0 amide bonds. The summed E-state index contributed by atoms with van der Waals surface area (Å²) in [7, 11) is 0. The summed E-state index contributed by atoms with van der Waals surface area (Å²) in [6, 6.07) is 13.4. The van der Waals surface area contributed by atoms with Gasteiger partial charge in [-0.05, 0) is 48.5 Å². The molecule has 10 nitrogen and oxygen atoms in total. The molecule has 0 saturated heterocycles. The molecule has 5 rings (SSSR count). The summed E-state index contributed by atoms with van der Waals surface area (Å²) >= 11 is 0. The fourth-order valence-electron chi connectivity index (χ4n) is 4.53. The Bertz CT molecular complexity index is 1250. The number of ether oxygens (including phenoxy) is 2. The van der Waals surface area contributed by atoms with E-state index in [1.165, 1.54) is 25.1 Å². The molecule has 188 valence electrons. The van der Waals surface area contributed by atoms with Crippen LogP contribution in [0.5, 0.6) is 0 Å². The summed E-state index contributed by atoms with van der Waals surface area (Å²) in [5.74, 6) is -1.33. The van der Waals surface area contributed by atoms with Gasteiger partial charge in [-0.15, -0.1) is 0 Å². The number of hydrogen-bond donors (Lipinski definition) is 3. The van der Waals surface area contributed by atoms with Gasteiger partial charge in [0.2, 0.25) is 5.76 Å². The monoisotopic (exact) mass is 496 g/mol. The predicted octanol–water partition coefficient (Wildman–Crippen LogP) is 4.03. The highest BCUT2D eigenvalue weighted by molar-refractivity contribution is 5.89. The first-order valence-electron chi connectivity index (χ1n) is 11.2. The van der Waals surface area contributed by atoms with Crippen LogP contribution in [0.25, 0.3) is 0 Å². The SMILES string of the molecule is O=C1O[C@H]([C@](O)(Cc2ccco2)C(Cc2ccco2)(Cc2ccco2)OCc2ccco2)C(O)=C1O. The van der Waals surface area contributed by atoms with Gasteiger partial charge in [0.1, 0.15) is 40.8 Å². The lowest BCUT2D eigenvalue weighted by Crippen LogP contribution is -2.66. The van der Waals surface area contributed by atoms with E-state index < -0.39 is 34.8 Å². The van der Waals surface area contributed by atoms with Crippen LogP contribution in [-0.4, -0.2) is 38.6 Å². The summed E-state index contributed by atoms with van der Waals surface area (Å²) in [6.07, 6.45) is 3.81. The van der Waals surface area contributed by atoms with Gasteiger partial charge in [0.05, 0.1) is 25.1 Å². The van der Waals surface area contributed by atoms with Crippen molar-refractivity contribution in [2.75, 3.05) is 0 Å². The van der Waals surface area contributed by atoms with Crippen molar-refractivity contribution in [2.24, 2.45) is 0 Å². The smallest absolute Gasteiger partial charge is 0.378 e. The molecule has 0 saturated carbocycles. The third-order valence-electron chi connectivity index (χ3n) is 6.31. The van der Waals surface area contributed by atoms with Crippen molar-refractivity contribution >= 4 is 5.97 Å². The Kier molecular flexibility index (Phi) is 6.21. The average molecular weight is 496 g/mol. The van der Waals surface area contributed by atoms with Crippen molar-refractivity contribution in [2.45, 2.75) is 43.2 Å². The number of carbonyl (C=O) groups excluding carboxylic acids is 1. The molecule has 4 aromatic heterocycles. The Balaban J connectivity index is 1.68. The molecule has 1 aliphatic rings. The van der Waals surface area contributed by atoms with Crippen molar-refractivity contribution in [3.05, 3.63) is 108 Å². The number of esters is 1. The minimum absolute atomic E-state index is 0.0410. The largest absolute Gasteiger partial charge is 0.505 e. The van der Waals surface area contributed by atoms with Gasteiger partial charge in [0, 0.05) is 19.3 Å². The van der Waals surface area contributed by atoms with E-state index >= 15 is 0 Å². The number of carbonyl (C=O) groups is 1. The standard InChI is InChI=1S/C26H24O10/c27-21-22(28)24(29)36-23(21)26(30,15-19-7-3-11-33-19)25(13-17-5-1-9-31-17,14-18-6-2-10-32-18)35-16-20-8-4-12-34-20/h1-12,23,27-28,30H,13-16H2/t23-,26+/m0/s1. The van der Waals surface area contributed by atoms with Crippen LogP contribution in [-0.2, 0) is 40.1 Å². The van der Waals surface area contributed by atoms with Crippen molar-refractivity contribution in [3.63, 3.8) is 0 Å². The number of aliphatic hydroxyl groups excluding tert-OH is 2. The lowest BCUT2D eigenvalue weighted by atomic mass is 9.70. The third kappa shape index (κ3) is 4.32. The van der Waals surface area contributed by atoms with Gasteiger partial charge >= 0.3 is 5.97 Å². The van der Waals surface area contributed by atoms with Crippen LogP contribution < -0.4 is 0 Å². The van der Waals surface area contributed by atoms with Crippen LogP contribution in [0.15, 0.2) is 103 Å². The highest BCUT2D eigenvalue weighted by Gasteiger charge is 2.62. The van der Waals surface area contributed by atoms with Gasteiger partial charge in [-0.2, -0.15) is 0 Å². The van der Waals surface area contributed by atoms with Crippen LogP contribution in [0.4, 0.5) is 0 Å². The maximum atomic E-state index is 12.5. The third-order valence-corrected chi connectivity index (χ3v) is 6.31. The lowest BCUT2D eigenvalue weighted by Gasteiger charge is -2.48. The van der Waals surface area contributed by atoms with E-state index in [-0.39, 0.29) is 25.9 Å². The predicted molar refractivity (Wildman–Crippen MR) is 121 cm³/mol. The summed E-state index contributed by atoms with van der Waals surface area (Å²) in [6.45, 7) is -0.0913. The Labute approximate surface area is 205 Å². The van der Waals surface area contributed by atoms with Crippen molar-refractivity contribution in [1.82, 2.24) is 0 Å². The normalized spacial score (nSPS) is 17.9. The van der Waals surface area contributed by atoms with Gasteiger partial charge in [0.15, 0.2) is 11.9 Å². The van der Waals surface area contributed by atoms with Crippen molar-refractivity contribution in [1.29, 1.82) is 0 Å². The second-order valence-electron chi connectivity index (χ2n) is 8.57. The second kappa shape index (κ2) is 9.48. The van der Waals surface area contributed by atoms with Crippen LogP contribution in [0.1, 0.15) is 23.0 Å².